The largest absolute Gasteiger partial charge is 0.500 e. The number of fused-ring (bicyclic) bond motifs is 9. The van der Waals surface area contributed by atoms with Crippen LogP contribution in [0.4, 0.5) is 0 Å². The molecule has 0 aliphatic rings. The third kappa shape index (κ3) is 24.4. The molecule has 0 saturated heterocycles. The number of nitrogens with zero attached hydrogens (tertiary/aromatic N) is 6. The Morgan fingerprint density at radius 3 is 1.00 bits per heavy atom. The number of rotatable bonds is 14. The summed E-state index contributed by atoms with van der Waals surface area (Å²) >= 11 is 1.87. The van der Waals surface area contributed by atoms with Gasteiger partial charge in [-0.1, -0.05) is 309 Å². The Balaban J connectivity index is 0.000000135. The second kappa shape index (κ2) is 46.2. The van der Waals surface area contributed by atoms with E-state index in [9.17, 15) is 0 Å². The fraction of sp³-hybridized carbons (Fsp3) is 0.0952. The molecule has 0 bridgehead atoms. The number of thiophene rings is 1. The van der Waals surface area contributed by atoms with Crippen molar-refractivity contribution in [3.05, 3.63) is 466 Å². The van der Waals surface area contributed by atoms with Crippen molar-refractivity contribution in [2.24, 2.45) is 0 Å². The number of benzene rings is 14. The van der Waals surface area contributed by atoms with E-state index in [1.165, 1.54) is 96.9 Å². The molecule has 8 nitrogen and oxygen atoms in total. The Kier molecular flexibility index (Phi) is 33.4. The van der Waals surface area contributed by atoms with Crippen LogP contribution in [0.3, 0.4) is 0 Å². The van der Waals surface area contributed by atoms with Crippen LogP contribution in [-0.4, -0.2) is 54.1 Å². The Morgan fingerprint density at radius 2 is 0.596 bits per heavy atom. The summed E-state index contributed by atoms with van der Waals surface area (Å²) in [6, 6.07) is 149. The third-order valence-corrected chi connectivity index (χ3v) is 32.1. The van der Waals surface area contributed by atoms with Gasteiger partial charge in [0, 0.05) is 156 Å². The van der Waals surface area contributed by atoms with Gasteiger partial charge in [0.05, 0.1) is 29.8 Å². The molecule has 141 heavy (non-hydrogen) atoms. The van der Waals surface area contributed by atoms with Crippen molar-refractivity contribution in [3.8, 4) is 123 Å². The monoisotopic (exact) mass is 2430 g/mol. The van der Waals surface area contributed by atoms with Gasteiger partial charge in [0.1, 0.15) is 16.7 Å². The Bertz CT molecular complexity index is 7590. The van der Waals surface area contributed by atoms with Gasteiger partial charge in [-0.3, -0.25) is 0 Å². The SMILES string of the molecule is Cc1cc(-c2[c-]cc3oc4ccccc4c3c2)ncc1-c1ccc([Si](C)(C)C)cc1.Cc1cc(-c2[c-]ccc(-c3cccc4c3oc3ccccc34)c2)ncc1-c1ccc([Si](C)(C)C)cc1.Cc1cc(-c2[c-]ccc(-c3cccc4c3sc3ccccc34)c2)ncc1-c1ccc([Si](C)(C)C)cc1.[Ir].[Ir].[Ir].[c-]1ccccc1-c1ccccn1.[c-]1ccccc1-c1ccccn1.[c-]1ccccc1-c1ccccn1. The summed E-state index contributed by atoms with van der Waals surface area (Å²) in [4.78, 5) is 27.1. The molecule has 23 aromatic rings. The Labute approximate surface area is 875 Å². The Morgan fingerprint density at radius 1 is 0.241 bits per heavy atom. The maximum atomic E-state index is 6.27. The minimum absolute atomic E-state index is 0. The zero-order valence-corrected chi connectivity index (χ0v) is 91.7. The van der Waals surface area contributed by atoms with E-state index in [4.69, 9.17) is 23.8 Å². The van der Waals surface area contributed by atoms with Crippen LogP contribution >= 0.6 is 11.3 Å². The Hall–Kier alpha value is -13.6. The van der Waals surface area contributed by atoms with E-state index in [2.05, 4.69) is 331 Å². The quantitative estimate of drug-likeness (QED) is 0.0783. The normalized spacial score (nSPS) is 11.1. The van der Waals surface area contributed by atoms with Crippen molar-refractivity contribution in [3.63, 3.8) is 0 Å². The molecule has 3 radical (unpaired) electrons. The molecule has 701 valence electrons. The first kappa shape index (κ1) is 102. The maximum absolute atomic E-state index is 6.27. The molecule has 0 aliphatic heterocycles. The average molecular weight is 2430 g/mol. The van der Waals surface area contributed by atoms with Crippen molar-refractivity contribution in [1.82, 2.24) is 29.9 Å². The predicted octanol–water partition coefficient (Wildman–Crippen LogP) is 32.3. The molecule has 23 rings (SSSR count). The van der Waals surface area contributed by atoms with E-state index < -0.39 is 24.2 Å². The molecule has 0 atom stereocenters. The summed E-state index contributed by atoms with van der Waals surface area (Å²) in [5.41, 5.74) is 30.9. The van der Waals surface area contributed by atoms with E-state index in [-0.39, 0.29) is 60.3 Å². The summed E-state index contributed by atoms with van der Waals surface area (Å²) in [7, 11) is -3.90. The molecule has 0 unspecified atom stereocenters. The number of para-hydroxylation sites is 3. The molecule has 0 fully saturated rings. The van der Waals surface area contributed by atoms with E-state index in [0.29, 0.717) is 0 Å². The van der Waals surface area contributed by atoms with Gasteiger partial charge < -0.3 is 38.7 Å². The van der Waals surface area contributed by atoms with Crippen molar-refractivity contribution >= 4 is 115 Å². The average Bonchev–Trinajstić information content (AvgIpc) is 1.63. The van der Waals surface area contributed by atoms with E-state index in [1.807, 2.05) is 206 Å². The van der Waals surface area contributed by atoms with Crippen LogP contribution in [0, 0.1) is 57.2 Å². The zero-order valence-electron chi connectivity index (χ0n) is 80.7. The molecule has 0 spiro atoms. The van der Waals surface area contributed by atoms with Crippen LogP contribution in [0.25, 0.3) is 187 Å². The van der Waals surface area contributed by atoms with Crippen molar-refractivity contribution in [2.45, 2.75) is 79.7 Å². The second-order valence-electron chi connectivity index (χ2n) is 37.4. The van der Waals surface area contributed by atoms with Crippen molar-refractivity contribution in [2.75, 3.05) is 0 Å². The summed E-state index contributed by atoms with van der Waals surface area (Å²) in [5, 5.41) is 11.6. The zero-order chi connectivity index (χ0) is 95.3. The molecule has 14 aromatic carbocycles. The predicted molar refractivity (Wildman–Crippen MR) is 589 cm³/mol. The van der Waals surface area contributed by atoms with Crippen LogP contribution < -0.4 is 15.6 Å². The number of aryl methyl sites for hydroxylation is 3. The summed E-state index contributed by atoms with van der Waals surface area (Å²) in [6.07, 6.45) is 11.4. The van der Waals surface area contributed by atoms with Gasteiger partial charge in [-0.25, -0.2) is 0 Å². The topological polar surface area (TPSA) is 104 Å². The first-order valence-corrected chi connectivity index (χ1v) is 57.9. The smallest absolute Gasteiger partial charge is 0.141 e. The molecule has 15 heteroatoms. The van der Waals surface area contributed by atoms with E-state index >= 15 is 0 Å². The number of furan rings is 2. The molecule has 0 saturated carbocycles. The second-order valence-corrected chi connectivity index (χ2v) is 53.7. The molecule has 9 aromatic heterocycles. The number of aromatic nitrogens is 6. The van der Waals surface area contributed by atoms with Gasteiger partial charge >= 0.3 is 0 Å². The molecule has 9 heterocycles. The van der Waals surface area contributed by atoms with Crippen LogP contribution in [0.2, 0.25) is 58.9 Å². The van der Waals surface area contributed by atoms with Gasteiger partial charge in [-0.05, 0) is 130 Å². The number of pyridine rings is 6. The van der Waals surface area contributed by atoms with Gasteiger partial charge in [0.15, 0.2) is 0 Å². The minimum atomic E-state index is -1.31. The van der Waals surface area contributed by atoms with Crippen LogP contribution in [0.5, 0.6) is 0 Å². The van der Waals surface area contributed by atoms with Gasteiger partial charge in [0.25, 0.3) is 0 Å². The molecule has 0 amide bonds. The number of hydrogen-bond acceptors (Lipinski definition) is 9. The minimum Gasteiger partial charge on any atom is -0.500 e. The first-order valence-electron chi connectivity index (χ1n) is 46.6. The molecule has 0 aliphatic carbocycles. The van der Waals surface area contributed by atoms with Gasteiger partial charge in [-0.2, -0.15) is 0 Å². The fourth-order valence-electron chi connectivity index (χ4n) is 17.0. The van der Waals surface area contributed by atoms with E-state index in [1.54, 1.807) is 18.6 Å². The maximum Gasteiger partial charge on any atom is 0.141 e. The van der Waals surface area contributed by atoms with Crippen LogP contribution in [0.15, 0.2) is 422 Å². The first-order chi connectivity index (χ1) is 67.1. The molecule has 0 N–H and O–H groups in total. The van der Waals surface area contributed by atoms with Crippen LogP contribution in [0.1, 0.15) is 16.7 Å². The summed E-state index contributed by atoms with van der Waals surface area (Å²) in [6.45, 7) is 27.9. The van der Waals surface area contributed by atoms with Crippen molar-refractivity contribution in [1.29, 1.82) is 0 Å². The standard InChI is InChI=1S/C33H28NOSi.C33H28NSSi.C27H24NOSi.3C11H8N.3Ir/c2*1-22-19-31(34-21-30(22)23-15-17-26(18-16-23)36(2,3)4)25-10-7-9-24(20-25)27-12-8-13-29-28-11-5-6-14-32(28)35-33(27)29;1-18-15-25(28-17-24(18)19-9-12-21(13-10-19)30(2,3)4)20-11-14-27-23(16-20)22-7-5-6-8-26(22)29-27;3*1-2-6-10(7-3-1)11-8-4-5-9-12-11;;;/h2*5-9,11-21H,1-4H3;5-10,12-17H,1-4H3;3*1-6,8-9H;;;/q6*-1;;;. The number of hydrogen-bond donors (Lipinski definition) is 0. The van der Waals surface area contributed by atoms with Crippen molar-refractivity contribution < 1.29 is 69.2 Å². The van der Waals surface area contributed by atoms with E-state index in [0.717, 1.165) is 123 Å². The third-order valence-electron chi connectivity index (χ3n) is 24.6. The summed E-state index contributed by atoms with van der Waals surface area (Å²) in [5.74, 6) is 0. The molecular weight excluding hydrogens is 2320 g/mol. The fourth-order valence-corrected chi connectivity index (χ4v) is 21.8. The van der Waals surface area contributed by atoms with Gasteiger partial charge in [0.2, 0.25) is 0 Å². The van der Waals surface area contributed by atoms with Gasteiger partial charge in [-0.15, -0.1) is 202 Å². The summed E-state index contributed by atoms with van der Waals surface area (Å²) < 4.78 is 14.9. The van der Waals surface area contributed by atoms with Crippen LogP contribution in [-0.2, 0) is 60.3 Å². The molecular formula is C126H104Ir3N6O2SSi3-6.